The Morgan fingerprint density at radius 2 is 2.33 bits per heavy atom. The van der Waals surface area contributed by atoms with Crippen molar-refractivity contribution >= 4 is 23.6 Å². The van der Waals surface area contributed by atoms with E-state index < -0.39 is 5.97 Å². The number of nitrogens with zero attached hydrogens (tertiary/aromatic N) is 1. The van der Waals surface area contributed by atoms with Gasteiger partial charge in [0.25, 0.3) is 0 Å². The molecular formula is C8H6ClNO2. The van der Waals surface area contributed by atoms with Crippen LogP contribution in [0.25, 0.3) is 6.08 Å². The maximum atomic E-state index is 10.1. The van der Waals surface area contributed by atoms with Gasteiger partial charge < -0.3 is 5.11 Å². The summed E-state index contributed by atoms with van der Waals surface area (Å²) in [6.07, 6.45) is 4.00. The van der Waals surface area contributed by atoms with Gasteiger partial charge in [0.05, 0.1) is 0 Å². The summed E-state index contributed by atoms with van der Waals surface area (Å²) >= 11 is 5.52. The predicted octanol–water partition coefficient (Wildman–Crippen LogP) is 1.83. The Morgan fingerprint density at radius 1 is 1.58 bits per heavy atom. The summed E-state index contributed by atoms with van der Waals surface area (Å²) in [5.41, 5.74) is 0.710. The molecule has 62 valence electrons. The molecule has 0 saturated heterocycles. The number of pyridine rings is 1. The van der Waals surface area contributed by atoms with Crippen LogP contribution in [0.3, 0.4) is 0 Å². The molecule has 0 saturated carbocycles. The van der Waals surface area contributed by atoms with Crippen molar-refractivity contribution in [1.29, 1.82) is 0 Å². The van der Waals surface area contributed by atoms with Gasteiger partial charge in [0.2, 0.25) is 0 Å². The van der Waals surface area contributed by atoms with Gasteiger partial charge in [0, 0.05) is 12.3 Å². The third kappa shape index (κ3) is 2.72. The zero-order valence-corrected chi connectivity index (χ0v) is 6.82. The fraction of sp³-hybridized carbons (Fsp3) is 0. The van der Waals surface area contributed by atoms with Gasteiger partial charge in [-0.3, -0.25) is 0 Å². The first-order valence-electron chi connectivity index (χ1n) is 3.21. The highest BCUT2D eigenvalue weighted by Crippen LogP contribution is 2.06. The zero-order valence-electron chi connectivity index (χ0n) is 6.07. The first-order chi connectivity index (χ1) is 5.68. The van der Waals surface area contributed by atoms with Gasteiger partial charge in [-0.15, -0.1) is 0 Å². The van der Waals surface area contributed by atoms with Gasteiger partial charge in [-0.25, -0.2) is 9.78 Å². The van der Waals surface area contributed by atoms with E-state index in [1.165, 1.54) is 12.3 Å². The predicted molar refractivity (Wildman–Crippen MR) is 45.9 cm³/mol. The van der Waals surface area contributed by atoms with E-state index in [0.717, 1.165) is 6.08 Å². The first kappa shape index (κ1) is 8.74. The molecule has 3 nitrogen and oxygen atoms in total. The van der Waals surface area contributed by atoms with Crippen molar-refractivity contribution in [3.8, 4) is 0 Å². The van der Waals surface area contributed by atoms with Crippen LogP contribution >= 0.6 is 11.6 Å². The highest BCUT2D eigenvalue weighted by molar-refractivity contribution is 6.29. The molecule has 0 aromatic carbocycles. The van der Waals surface area contributed by atoms with E-state index in [-0.39, 0.29) is 0 Å². The lowest BCUT2D eigenvalue weighted by atomic mass is 10.2. The summed E-state index contributed by atoms with van der Waals surface area (Å²) < 4.78 is 0. The molecule has 0 radical (unpaired) electrons. The number of aromatic nitrogens is 1. The molecule has 0 aliphatic carbocycles. The number of halogens is 1. The molecule has 0 aliphatic rings. The van der Waals surface area contributed by atoms with Crippen LogP contribution in [0.2, 0.25) is 5.15 Å². The summed E-state index contributed by atoms with van der Waals surface area (Å²) in [7, 11) is 0. The van der Waals surface area contributed by atoms with Crippen LogP contribution < -0.4 is 0 Å². The van der Waals surface area contributed by atoms with E-state index in [1.807, 2.05) is 0 Å². The molecule has 0 atom stereocenters. The minimum Gasteiger partial charge on any atom is -0.478 e. The van der Waals surface area contributed by atoms with E-state index in [1.54, 1.807) is 12.1 Å². The average Bonchev–Trinajstić information content (AvgIpc) is 2.03. The Kier molecular flexibility index (Phi) is 2.82. The third-order valence-electron chi connectivity index (χ3n) is 1.17. The van der Waals surface area contributed by atoms with Crippen molar-refractivity contribution in [3.63, 3.8) is 0 Å². The van der Waals surface area contributed by atoms with Gasteiger partial charge in [-0.2, -0.15) is 0 Å². The molecule has 4 heteroatoms. The van der Waals surface area contributed by atoms with Crippen LogP contribution in [0.15, 0.2) is 24.4 Å². The molecule has 0 bridgehead atoms. The van der Waals surface area contributed by atoms with Crippen LogP contribution in [0.1, 0.15) is 5.56 Å². The Morgan fingerprint density at radius 3 is 2.83 bits per heavy atom. The topological polar surface area (TPSA) is 50.2 Å². The minimum atomic E-state index is -0.982. The lowest BCUT2D eigenvalue weighted by Crippen LogP contribution is -1.85. The molecule has 0 unspecified atom stereocenters. The Labute approximate surface area is 74.3 Å². The summed E-state index contributed by atoms with van der Waals surface area (Å²) in [4.78, 5) is 13.9. The van der Waals surface area contributed by atoms with Crippen molar-refractivity contribution in [2.24, 2.45) is 0 Å². The smallest absolute Gasteiger partial charge is 0.328 e. The second-order valence-electron chi connectivity index (χ2n) is 2.09. The molecule has 0 amide bonds. The second kappa shape index (κ2) is 3.88. The number of carboxylic acids is 1. The van der Waals surface area contributed by atoms with Gasteiger partial charge in [0.15, 0.2) is 0 Å². The van der Waals surface area contributed by atoms with Crippen molar-refractivity contribution in [3.05, 3.63) is 35.1 Å². The quantitative estimate of drug-likeness (QED) is 0.562. The minimum absolute atomic E-state index is 0.391. The van der Waals surface area contributed by atoms with Crippen molar-refractivity contribution in [2.75, 3.05) is 0 Å². The molecule has 1 aromatic heterocycles. The maximum absolute atomic E-state index is 10.1. The summed E-state index contributed by atoms with van der Waals surface area (Å²) in [6, 6.07) is 3.29. The van der Waals surface area contributed by atoms with Gasteiger partial charge in [-0.05, 0) is 17.7 Å². The third-order valence-corrected chi connectivity index (χ3v) is 1.39. The summed E-state index contributed by atoms with van der Waals surface area (Å²) in [5.74, 6) is -0.982. The molecule has 1 rings (SSSR count). The second-order valence-corrected chi connectivity index (χ2v) is 2.47. The van der Waals surface area contributed by atoms with Crippen molar-refractivity contribution < 1.29 is 9.90 Å². The SMILES string of the molecule is O=C(O)/C=C/c1ccc(Cl)nc1. The van der Waals surface area contributed by atoms with Gasteiger partial charge in [-0.1, -0.05) is 17.7 Å². The normalized spacial score (nSPS) is 10.4. The van der Waals surface area contributed by atoms with Crippen LogP contribution in [0.5, 0.6) is 0 Å². The highest BCUT2D eigenvalue weighted by atomic mass is 35.5. The maximum Gasteiger partial charge on any atom is 0.328 e. The number of aliphatic carboxylic acids is 1. The fourth-order valence-corrected chi connectivity index (χ4v) is 0.765. The fourth-order valence-electron chi connectivity index (χ4n) is 0.653. The summed E-state index contributed by atoms with van der Waals surface area (Å²) in [6.45, 7) is 0. The number of rotatable bonds is 2. The molecule has 0 spiro atoms. The van der Waals surface area contributed by atoms with Crippen molar-refractivity contribution in [2.45, 2.75) is 0 Å². The average molecular weight is 184 g/mol. The molecular weight excluding hydrogens is 178 g/mol. The van der Waals surface area contributed by atoms with Gasteiger partial charge >= 0.3 is 5.97 Å². The summed E-state index contributed by atoms with van der Waals surface area (Å²) in [5, 5.41) is 8.69. The zero-order chi connectivity index (χ0) is 8.97. The number of hydrogen-bond acceptors (Lipinski definition) is 2. The molecule has 0 aliphatic heterocycles. The van der Waals surface area contributed by atoms with E-state index in [9.17, 15) is 4.79 Å². The van der Waals surface area contributed by atoms with E-state index in [4.69, 9.17) is 16.7 Å². The molecule has 1 aromatic rings. The standard InChI is InChI=1S/C8H6ClNO2/c9-7-3-1-6(5-10-7)2-4-8(11)12/h1-5H,(H,11,12)/b4-2+. The van der Waals surface area contributed by atoms with Crippen LogP contribution in [-0.4, -0.2) is 16.1 Å². The van der Waals surface area contributed by atoms with E-state index >= 15 is 0 Å². The van der Waals surface area contributed by atoms with Crippen molar-refractivity contribution in [1.82, 2.24) is 4.98 Å². The lowest BCUT2D eigenvalue weighted by Gasteiger charge is -1.90. The Hall–Kier alpha value is -1.35. The molecule has 12 heavy (non-hydrogen) atoms. The van der Waals surface area contributed by atoms with E-state index in [0.29, 0.717) is 10.7 Å². The highest BCUT2D eigenvalue weighted by Gasteiger charge is 1.90. The molecule has 0 fully saturated rings. The van der Waals surface area contributed by atoms with Crippen LogP contribution in [-0.2, 0) is 4.79 Å². The monoisotopic (exact) mass is 183 g/mol. The van der Waals surface area contributed by atoms with Crippen LogP contribution in [0.4, 0.5) is 0 Å². The number of carbonyl (C=O) groups is 1. The van der Waals surface area contributed by atoms with Gasteiger partial charge in [0.1, 0.15) is 5.15 Å². The van der Waals surface area contributed by atoms with Crippen LogP contribution in [0, 0.1) is 0 Å². The lowest BCUT2D eigenvalue weighted by molar-refractivity contribution is -0.131. The number of hydrogen-bond donors (Lipinski definition) is 1. The Bertz CT molecular complexity index is 305. The molecule has 1 N–H and O–H groups in total. The first-order valence-corrected chi connectivity index (χ1v) is 3.59. The largest absolute Gasteiger partial charge is 0.478 e. The van der Waals surface area contributed by atoms with E-state index in [2.05, 4.69) is 4.98 Å². The number of carboxylic acid groups (broad SMARTS) is 1. The molecule has 1 heterocycles. The Balaban J connectivity index is 2.77.